The second-order valence-corrected chi connectivity index (χ2v) is 6.80. The Balaban J connectivity index is 1.86. The minimum Gasteiger partial charge on any atom is -0.494 e. The van der Waals surface area contributed by atoms with Gasteiger partial charge < -0.3 is 9.47 Å². The van der Waals surface area contributed by atoms with Crippen molar-refractivity contribution >= 4 is 23.8 Å². The van der Waals surface area contributed by atoms with Gasteiger partial charge in [0.2, 0.25) is 0 Å². The van der Waals surface area contributed by atoms with Gasteiger partial charge in [0, 0.05) is 11.3 Å². The average molecular weight is 423 g/mol. The van der Waals surface area contributed by atoms with Gasteiger partial charge in [-0.3, -0.25) is 10.4 Å². The molecule has 0 fully saturated rings. The van der Waals surface area contributed by atoms with Crippen molar-refractivity contribution in [2.75, 3.05) is 13.3 Å². The molecule has 30 heavy (non-hydrogen) atoms. The van der Waals surface area contributed by atoms with Gasteiger partial charge in [0.05, 0.1) is 18.9 Å². The number of nitrogens with one attached hydrogen (secondary N) is 1. The summed E-state index contributed by atoms with van der Waals surface area (Å²) in [6.07, 6.45) is 0. The van der Waals surface area contributed by atoms with E-state index >= 15 is 0 Å². The van der Waals surface area contributed by atoms with Gasteiger partial charge in [-0.05, 0) is 43.3 Å². The summed E-state index contributed by atoms with van der Waals surface area (Å²) in [5.74, 6) is 6.68. The molecular weight excluding hydrogens is 400 g/mol. The lowest BCUT2D eigenvalue weighted by Gasteiger charge is -2.10. The summed E-state index contributed by atoms with van der Waals surface area (Å²) in [5.41, 5.74) is 6.20. The van der Waals surface area contributed by atoms with Gasteiger partial charge in [-0.25, -0.2) is 20.4 Å². The van der Waals surface area contributed by atoms with Gasteiger partial charge in [0.15, 0.2) is 16.6 Å². The molecule has 0 unspecified atom stereocenters. The quantitative estimate of drug-likeness (QED) is 0.132. The van der Waals surface area contributed by atoms with Gasteiger partial charge >= 0.3 is 0 Å². The summed E-state index contributed by atoms with van der Waals surface area (Å²) in [7, 11) is 0. The number of hydrogen-bond acceptors (Lipinski definition) is 8. The summed E-state index contributed by atoms with van der Waals surface area (Å²) >= 11 is 4.58. The number of thiol groups is 1. The number of aromatic nitrogens is 4. The van der Waals surface area contributed by atoms with Crippen LogP contribution in [0.4, 0.5) is 0 Å². The van der Waals surface area contributed by atoms with Crippen LogP contribution in [0.25, 0.3) is 28.2 Å². The van der Waals surface area contributed by atoms with Gasteiger partial charge in [0.1, 0.15) is 18.0 Å². The summed E-state index contributed by atoms with van der Waals surface area (Å²) in [6.45, 7) is 2.98. The maximum atomic E-state index is 5.55. The average Bonchev–Trinajstić information content (AvgIpc) is 3.11. The van der Waals surface area contributed by atoms with Crippen LogP contribution < -0.4 is 16.0 Å². The van der Waals surface area contributed by atoms with E-state index in [1.54, 1.807) is 0 Å². The summed E-state index contributed by atoms with van der Waals surface area (Å²) in [6, 6.07) is 17.5. The molecule has 0 aliphatic heterocycles. The lowest BCUT2D eigenvalue weighted by Crippen LogP contribution is -2.25. The fourth-order valence-corrected chi connectivity index (χ4v) is 3.43. The predicted molar refractivity (Wildman–Crippen MR) is 117 cm³/mol. The summed E-state index contributed by atoms with van der Waals surface area (Å²) in [5, 5.41) is 0.521. The Morgan fingerprint density at radius 2 is 1.80 bits per heavy atom. The third-order valence-corrected chi connectivity index (χ3v) is 4.72. The van der Waals surface area contributed by atoms with Gasteiger partial charge in [0.25, 0.3) is 0 Å². The topological polar surface area (TPSA) is 100 Å². The molecule has 0 radical (unpaired) electrons. The van der Waals surface area contributed by atoms with Crippen molar-refractivity contribution in [1.82, 2.24) is 24.9 Å². The molecule has 0 aliphatic rings. The van der Waals surface area contributed by atoms with Gasteiger partial charge in [-0.15, -0.1) is 12.6 Å². The summed E-state index contributed by atoms with van der Waals surface area (Å²) < 4.78 is 13.0. The molecule has 3 N–H and O–H groups in total. The number of nitrogens with two attached hydrogens (primary N) is 1. The van der Waals surface area contributed by atoms with Crippen LogP contribution in [0, 0.1) is 0 Å². The molecule has 154 valence electrons. The monoisotopic (exact) mass is 422 g/mol. The zero-order valence-corrected chi connectivity index (χ0v) is 17.3. The fraction of sp³-hybridized carbons (Fsp3) is 0.190. The van der Waals surface area contributed by atoms with Crippen molar-refractivity contribution in [2.24, 2.45) is 5.84 Å². The van der Waals surface area contributed by atoms with Gasteiger partial charge in [-0.2, -0.15) is 0 Å². The highest BCUT2D eigenvalue weighted by atomic mass is 32.1. The third-order valence-electron chi connectivity index (χ3n) is 4.42. The number of nitrogens with zero attached hydrogens (tertiary/aromatic N) is 4. The predicted octanol–water partition coefficient (Wildman–Crippen LogP) is 3.11. The number of benzene rings is 2. The van der Waals surface area contributed by atoms with E-state index in [1.165, 1.54) is 0 Å². The highest BCUT2D eigenvalue weighted by molar-refractivity contribution is 7.80. The van der Waals surface area contributed by atoms with Crippen LogP contribution >= 0.6 is 12.6 Å². The zero-order valence-electron chi connectivity index (χ0n) is 16.4. The smallest absolute Gasteiger partial charge is 0.171 e. The SMILES string of the molecule is CCOc1ccc(-c2nc(COCNN)c3nc(S)n(-c4ccccc4)c3n2)cc1. The Kier molecular flexibility index (Phi) is 6.24. The van der Waals surface area contributed by atoms with Crippen molar-refractivity contribution in [1.29, 1.82) is 0 Å². The zero-order chi connectivity index (χ0) is 20.9. The Labute approximate surface area is 179 Å². The number of para-hydroxylation sites is 1. The van der Waals surface area contributed by atoms with E-state index in [9.17, 15) is 0 Å². The van der Waals surface area contributed by atoms with Crippen LogP contribution in [0.3, 0.4) is 0 Å². The molecule has 0 spiro atoms. The minimum atomic E-state index is 0.191. The molecule has 4 rings (SSSR count). The molecule has 0 aliphatic carbocycles. The molecule has 2 heterocycles. The van der Waals surface area contributed by atoms with Crippen LogP contribution in [0.5, 0.6) is 5.75 Å². The van der Waals surface area contributed by atoms with Crippen molar-refractivity contribution < 1.29 is 9.47 Å². The van der Waals surface area contributed by atoms with E-state index in [0.717, 1.165) is 17.0 Å². The molecule has 9 heteroatoms. The number of imidazole rings is 1. The van der Waals surface area contributed by atoms with Crippen LogP contribution in [-0.4, -0.2) is 32.9 Å². The maximum absolute atomic E-state index is 5.55. The normalized spacial score (nSPS) is 11.2. The number of ether oxygens (including phenoxy) is 2. The first-order valence-electron chi connectivity index (χ1n) is 9.49. The lowest BCUT2D eigenvalue weighted by atomic mass is 10.2. The van der Waals surface area contributed by atoms with Crippen LogP contribution in [0.15, 0.2) is 59.8 Å². The van der Waals surface area contributed by atoms with E-state index in [-0.39, 0.29) is 13.3 Å². The molecule has 4 aromatic rings. The van der Waals surface area contributed by atoms with E-state index in [0.29, 0.717) is 34.4 Å². The van der Waals surface area contributed by atoms with Crippen molar-refractivity contribution in [2.45, 2.75) is 18.7 Å². The maximum Gasteiger partial charge on any atom is 0.171 e. The van der Waals surface area contributed by atoms with Crippen molar-refractivity contribution in [3.63, 3.8) is 0 Å². The Morgan fingerprint density at radius 1 is 1.03 bits per heavy atom. The van der Waals surface area contributed by atoms with Crippen molar-refractivity contribution in [3.05, 3.63) is 60.3 Å². The van der Waals surface area contributed by atoms with E-state index in [1.807, 2.05) is 66.1 Å². The first-order chi connectivity index (χ1) is 14.7. The van der Waals surface area contributed by atoms with Crippen LogP contribution in [0.1, 0.15) is 12.6 Å². The molecule has 2 aromatic heterocycles. The molecule has 0 bridgehead atoms. The molecule has 8 nitrogen and oxygen atoms in total. The highest BCUT2D eigenvalue weighted by Gasteiger charge is 2.18. The van der Waals surface area contributed by atoms with Crippen molar-refractivity contribution in [3.8, 4) is 22.8 Å². The molecule has 0 saturated carbocycles. The van der Waals surface area contributed by atoms with Crippen LogP contribution in [0.2, 0.25) is 0 Å². The second-order valence-electron chi connectivity index (χ2n) is 6.40. The first-order valence-corrected chi connectivity index (χ1v) is 9.94. The minimum absolute atomic E-state index is 0.191. The molecule has 0 saturated heterocycles. The number of hydrazine groups is 1. The Hall–Kier alpha value is -2.98. The lowest BCUT2D eigenvalue weighted by molar-refractivity contribution is 0.102. The summed E-state index contributed by atoms with van der Waals surface area (Å²) in [4.78, 5) is 14.1. The first kappa shape index (κ1) is 20.3. The van der Waals surface area contributed by atoms with Crippen LogP contribution in [-0.2, 0) is 11.3 Å². The molecule has 2 aromatic carbocycles. The third kappa shape index (κ3) is 4.14. The molecule has 0 amide bonds. The Morgan fingerprint density at radius 3 is 2.50 bits per heavy atom. The van der Waals surface area contributed by atoms with E-state index in [2.05, 4.69) is 23.0 Å². The molecular formula is C21H22N6O2S. The standard InChI is InChI=1S/C21H22N6O2S/c1-2-29-16-10-8-14(9-11-16)19-24-17(12-28-13-23-22)18-20(26-19)27(21(30)25-18)15-6-4-3-5-7-15/h3-11,23H,2,12-13,22H2,1H3,(H,25,30). The highest BCUT2D eigenvalue weighted by Crippen LogP contribution is 2.28. The van der Waals surface area contributed by atoms with Gasteiger partial charge in [-0.1, -0.05) is 18.2 Å². The number of fused-ring (bicyclic) bond motifs is 1. The largest absolute Gasteiger partial charge is 0.494 e. The second kappa shape index (κ2) is 9.23. The number of rotatable bonds is 8. The Bertz CT molecular complexity index is 1130. The number of hydrogen-bond donors (Lipinski definition) is 3. The fourth-order valence-electron chi connectivity index (χ4n) is 3.12. The van der Waals surface area contributed by atoms with E-state index in [4.69, 9.17) is 25.3 Å². The molecule has 0 atom stereocenters. The van der Waals surface area contributed by atoms with E-state index < -0.39 is 0 Å².